The van der Waals surface area contributed by atoms with Crippen LogP contribution in [0.25, 0.3) is 11.3 Å². The van der Waals surface area contributed by atoms with Crippen molar-refractivity contribution in [3.05, 3.63) is 36.0 Å². The van der Waals surface area contributed by atoms with E-state index >= 15 is 0 Å². The number of halogens is 1. The van der Waals surface area contributed by atoms with Crippen LogP contribution in [-0.4, -0.2) is 45.6 Å². The number of hydrogen-bond donors (Lipinski definition) is 1. The van der Waals surface area contributed by atoms with Gasteiger partial charge in [-0.2, -0.15) is 0 Å². The van der Waals surface area contributed by atoms with Crippen molar-refractivity contribution in [1.82, 2.24) is 25.2 Å². The highest BCUT2D eigenvalue weighted by molar-refractivity contribution is 5.85. The van der Waals surface area contributed by atoms with Gasteiger partial charge in [0.15, 0.2) is 0 Å². The zero-order valence-corrected chi connectivity index (χ0v) is 13.6. The van der Waals surface area contributed by atoms with E-state index in [0.29, 0.717) is 12.1 Å². The van der Waals surface area contributed by atoms with Gasteiger partial charge >= 0.3 is 0 Å². The van der Waals surface area contributed by atoms with Crippen molar-refractivity contribution in [2.45, 2.75) is 32.0 Å². The van der Waals surface area contributed by atoms with Crippen LogP contribution in [-0.2, 0) is 6.54 Å². The van der Waals surface area contributed by atoms with E-state index in [4.69, 9.17) is 0 Å². The highest BCUT2D eigenvalue weighted by Crippen LogP contribution is 2.33. The molecule has 3 heterocycles. The second kappa shape index (κ2) is 6.36. The summed E-state index contributed by atoms with van der Waals surface area (Å²) in [6, 6.07) is 11.4. The highest BCUT2D eigenvalue weighted by Gasteiger charge is 2.40. The standard InChI is InChI=1S/C16H21N5.ClH/c1-2-8-20-11-15-16(12-6-4-3-5-7-12)18-19-21(15)14-10-17-9-13(14)20;/h3-7,13-14,17H,2,8-11H2,1H3;1H/t13-,14-;/m1./s1. The summed E-state index contributed by atoms with van der Waals surface area (Å²) in [5.74, 6) is 0. The molecule has 118 valence electrons. The highest BCUT2D eigenvalue weighted by atomic mass is 35.5. The Morgan fingerprint density at radius 1 is 1.18 bits per heavy atom. The Labute approximate surface area is 137 Å². The Kier molecular flexibility index (Phi) is 4.47. The van der Waals surface area contributed by atoms with Crippen LogP contribution in [0.1, 0.15) is 25.1 Å². The average molecular weight is 320 g/mol. The van der Waals surface area contributed by atoms with Crippen LogP contribution >= 0.6 is 12.4 Å². The third-order valence-electron chi connectivity index (χ3n) is 4.64. The first kappa shape index (κ1) is 15.5. The number of nitrogens with zero attached hydrogens (tertiary/aromatic N) is 4. The molecule has 4 rings (SSSR count). The lowest BCUT2D eigenvalue weighted by molar-refractivity contribution is 0.124. The van der Waals surface area contributed by atoms with E-state index in [2.05, 4.69) is 56.4 Å². The number of rotatable bonds is 3. The number of hydrogen-bond acceptors (Lipinski definition) is 4. The van der Waals surface area contributed by atoms with Crippen molar-refractivity contribution in [1.29, 1.82) is 0 Å². The van der Waals surface area contributed by atoms with Gasteiger partial charge in [-0.15, -0.1) is 17.5 Å². The predicted octanol–water partition coefficient (Wildman–Crippen LogP) is 2.11. The van der Waals surface area contributed by atoms with Gasteiger partial charge in [0, 0.05) is 31.2 Å². The first-order valence-electron chi connectivity index (χ1n) is 7.82. The fourth-order valence-corrected chi connectivity index (χ4v) is 3.66. The molecule has 1 aromatic carbocycles. The van der Waals surface area contributed by atoms with Crippen LogP contribution < -0.4 is 5.32 Å². The van der Waals surface area contributed by atoms with Gasteiger partial charge in [-0.05, 0) is 13.0 Å². The summed E-state index contributed by atoms with van der Waals surface area (Å²) in [5, 5.41) is 12.5. The summed E-state index contributed by atoms with van der Waals surface area (Å²) in [7, 11) is 0. The molecule has 5 nitrogen and oxygen atoms in total. The van der Waals surface area contributed by atoms with Crippen LogP contribution in [0.3, 0.4) is 0 Å². The van der Waals surface area contributed by atoms with E-state index in [1.54, 1.807) is 0 Å². The largest absolute Gasteiger partial charge is 0.313 e. The third-order valence-corrected chi connectivity index (χ3v) is 4.64. The second-order valence-corrected chi connectivity index (χ2v) is 5.96. The molecular formula is C16H22ClN5. The van der Waals surface area contributed by atoms with Crippen molar-refractivity contribution in [2.24, 2.45) is 0 Å². The second-order valence-electron chi connectivity index (χ2n) is 5.96. The Morgan fingerprint density at radius 3 is 2.73 bits per heavy atom. The van der Waals surface area contributed by atoms with E-state index in [-0.39, 0.29) is 12.4 Å². The molecule has 22 heavy (non-hydrogen) atoms. The summed E-state index contributed by atoms with van der Waals surface area (Å²) in [6.07, 6.45) is 1.19. The molecule has 0 spiro atoms. The van der Waals surface area contributed by atoms with Gasteiger partial charge in [0.2, 0.25) is 0 Å². The zero-order chi connectivity index (χ0) is 14.2. The summed E-state index contributed by atoms with van der Waals surface area (Å²) in [6.45, 7) is 6.40. The molecule has 0 saturated carbocycles. The number of nitrogens with one attached hydrogen (secondary N) is 1. The molecule has 2 aromatic rings. The Bertz CT molecular complexity index is 627. The summed E-state index contributed by atoms with van der Waals surface area (Å²) in [5.41, 5.74) is 3.47. The molecule has 0 radical (unpaired) electrons. The molecule has 6 heteroatoms. The maximum Gasteiger partial charge on any atom is 0.117 e. The van der Waals surface area contributed by atoms with Crippen LogP contribution in [0.2, 0.25) is 0 Å². The molecule has 1 saturated heterocycles. The van der Waals surface area contributed by atoms with Gasteiger partial charge in [-0.1, -0.05) is 42.5 Å². The number of benzene rings is 1. The van der Waals surface area contributed by atoms with Gasteiger partial charge in [0.25, 0.3) is 0 Å². The van der Waals surface area contributed by atoms with E-state index < -0.39 is 0 Å². The van der Waals surface area contributed by atoms with Crippen molar-refractivity contribution < 1.29 is 0 Å². The fraction of sp³-hybridized carbons (Fsp3) is 0.500. The quantitative estimate of drug-likeness (QED) is 0.941. The Balaban J connectivity index is 0.00000144. The van der Waals surface area contributed by atoms with E-state index in [1.807, 2.05) is 6.07 Å². The summed E-state index contributed by atoms with van der Waals surface area (Å²) >= 11 is 0. The lowest BCUT2D eigenvalue weighted by Crippen LogP contribution is -2.46. The molecule has 0 aliphatic carbocycles. The van der Waals surface area contributed by atoms with E-state index in [1.165, 1.54) is 17.7 Å². The van der Waals surface area contributed by atoms with Gasteiger partial charge in [-0.25, -0.2) is 4.68 Å². The lowest BCUT2D eigenvalue weighted by Gasteiger charge is -2.37. The molecular weight excluding hydrogens is 298 g/mol. The Morgan fingerprint density at radius 2 is 1.95 bits per heavy atom. The monoisotopic (exact) mass is 319 g/mol. The van der Waals surface area contributed by atoms with Crippen LogP contribution in [0.5, 0.6) is 0 Å². The molecule has 0 bridgehead atoms. The number of aromatic nitrogens is 3. The fourth-order valence-electron chi connectivity index (χ4n) is 3.66. The van der Waals surface area contributed by atoms with Gasteiger partial charge in [0.05, 0.1) is 11.7 Å². The molecule has 1 N–H and O–H groups in total. The molecule has 1 fully saturated rings. The van der Waals surface area contributed by atoms with E-state index in [0.717, 1.165) is 31.9 Å². The third kappa shape index (κ3) is 2.43. The smallest absolute Gasteiger partial charge is 0.117 e. The normalized spacial score (nSPS) is 23.7. The predicted molar refractivity (Wildman–Crippen MR) is 89.1 cm³/mol. The van der Waals surface area contributed by atoms with E-state index in [9.17, 15) is 0 Å². The van der Waals surface area contributed by atoms with Crippen molar-refractivity contribution in [3.8, 4) is 11.3 Å². The van der Waals surface area contributed by atoms with Gasteiger partial charge in [-0.3, -0.25) is 4.90 Å². The first-order valence-corrected chi connectivity index (χ1v) is 7.82. The SMILES string of the molecule is CCCN1Cc2c(-c3ccccc3)nnn2[C@@H]2CNC[C@H]21.Cl. The summed E-state index contributed by atoms with van der Waals surface area (Å²) < 4.78 is 2.17. The molecule has 2 aliphatic rings. The van der Waals surface area contributed by atoms with Crippen molar-refractivity contribution in [3.63, 3.8) is 0 Å². The van der Waals surface area contributed by atoms with Crippen LogP contribution in [0.15, 0.2) is 30.3 Å². The van der Waals surface area contributed by atoms with Gasteiger partial charge < -0.3 is 5.32 Å². The zero-order valence-electron chi connectivity index (χ0n) is 12.8. The topological polar surface area (TPSA) is 46.0 Å². The first-order chi connectivity index (χ1) is 10.4. The summed E-state index contributed by atoms with van der Waals surface area (Å²) in [4.78, 5) is 2.59. The average Bonchev–Trinajstić information content (AvgIpc) is 3.14. The minimum atomic E-state index is 0. The molecule has 0 amide bonds. The number of fused-ring (bicyclic) bond motifs is 3. The minimum Gasteiger partial charge on any atom is -0.313 e. The molecule has 1 aromatic heterocycles. The van der Waals surface area contributed by atoms with Gasteiger partial charge in [0.1, 0.15) is 5.69 Å². The maximum absolute atomic E-state index is 4.48. The minimum absolute atomic E-state index is 0. The van der Waals surface area contributed by atoms with Crippen molar-refractivity contribution >= 4 is 12.4 Å². The van der Waals surface area contributed by atoms with Crippen LogP contribution in [0.4, 0.5) is 0 Å². The lowest BCUT2D eigenvalue weighted by atomic mass is 10.0. The molecule has 0 unspecified atom stereocenters. The van der Waals surface area contributed by atoms with Crippen molar-refractivity contribution in [2.75, 3.05) is 19.6 Å². The molecule has 2 atom stereocenters. The maximum atomic E-state index is 4.48. The Hall–Kier alpha value is -1.43. The molecule has 2 aliphatic heterocycles. The van der Waals surface area contributed by atoms with Crippen LogP contribution in [0, 0.1) is 0 Å².